The monoisotopic (exact) mass is 604 g/mol. The van der Waals surface area contributed by atoms with Gasteiger partial charge in [0.2, 0.25) is 11.9 Å². The van der Waals surface area contributed by atoms with Crippen LogP contribution in [0.1, 0.15) is 42.7 Å². The molecule has 11 nitrogen and oxygen atoms in total. The molecule has 4 aromatic rings. The normalized spacial score (nSPS) is 18.5. The van der Waals surface area contributed by atoms with Crippen molar-refractivity contribution in [1.29, 1.82) is 10.5 Å². The fraction of sp³-hybridized carbons (Fsp3) is 0.385. The van der Waals surface area contributed by atoms with Gasteiger partial charge in [0.15, 0.2) is 5.65 Å². The number of amides is 1. The quantitative estimate of drug-likeness (QED) is 0.296. The van der Waals surface area contributed by atoms with Crippen LogP contribution in [0, 0.1) is 35.0 Å². The number of rotatable bonds is 8. The molecule has 13 heteroatoms. The highest BCUT2D eigenvalue weighted by atomic mass is 79.9. The topological polar surface area (TPSA) is 158 Å². The van der Waals surface area contributed by atoms with Crippen LogP contribution < -0.4 is 10.6 Å². The molecular formula is C26H25BrN10OS. The average molecular weight is 606 g/mol. The molecule has 1 aliphatic rings. The fourth-order valence-electron chi connectivity index (χ4n) is 5.14. The zero-order valence-electron chi connectivity index (χ0n) is 21.4. The molecule has 1 unspecified atom stereocenters. The first-order valence-electron chi connectivity index (χ1n) is 12.4. The molecule has 1 aromatic carbocycles. The van der Waals surface area contributed by atoms with E-state index in [1.807, 2.05) is 25.1 Å². The third-order valence-corrected chi connectivity index (χ3v) is 8.50. The van der Waals surface area contributed by atoms with E-state index in [2.05, 4.69) is 59.0 Å². The molecule has 0 bridgehead atoms. The summed E-state index contributed by atoms with van der Waals surface area (Å²) < 4.78 is 2.36. The third-order valence-electron chi connectivity index (χ3n) is 7.04. The molecule has 0 aliphatic heterocycles. The Morgan fingerprint density at radius 3 is 2.87 bits per heavy atom. The van der Waals surface area contributed by atoms with Crippen LogP contribution in [-0.4, -0.2) is 48.9 Å². The third kappa shape index (κ3) is 5.20. The summed E-state index contributed by atoms with van der Waals surface area (Å²) in [4.78, 5) is 21.8. The van der Waals surface area contributed by atoms with Gasteiger partial charge in [-0.1, -0.05) is 11.3 Å². The number of anilines is 1. The van der Waals surface area contributed by atoms with Gasteiger partial charge < -0.3 is 10.6 Å². The van der Waals surface area contributed by atoms with Crippen LogP contribution in [0.4, 0.5) is 5.95 Å². The second kappa shape index (κ2) is 11.0. The van der Waals surface area contributed by atoms with E-state index in [9.17, 15) is 15.3 Å². The lowest BCUT2D eigenvalue weighted by molar-refractivity contribution is -0.130. The number of hydrogen-bond donors (Lipinski definition) is 2. The van der Waals surface area contributed by atoms with E-state index in [0.29, 0.717) is 41.9 Å². The first kappa shape index (κ1) is 26.7. The lowest BCUT2D eigenvalue weighted by atomic mass is 9.82. The number of nitriles is 2. The van der Waals surface area contributed by atoms with Gasteiger partial charge in [-0.2, -0.15) is 20.6 Å². The molecule has 5 rings (SSSR count). The van der Waals surface area contributed by atoms with Crippen molar-refractivity contribution < 1.29 is 4.79 Å². The van der Waals surface area contributed by atoms with E-state index in [0.717, 1.165) is 38.6 Å². The van der Waals surface area contributed by atoms with E-state index in [4.69, 9.17) is 4.98 Å². The molecule has 2 N–H and O–H groups in total. The number of nitrogens with one attached hydrogen (secondary N) is 2. The van der Waals surface area contributed by atoms with Gasteiger partial charge in [-0.25, -0.2) is 9.67 Å². The Morgan fingerprint density at radius 1 is 1.31 bits per heavy atom. The van der Waals surface area contributed by atoms with Crippen LogP contribution in [-0.2, 0) is 11.2 Å². The molecule has 1 saturated carbocycles. The molecule has 1 amide bonds. The maximum atomic E-state index is 12.5. The Morgan fingerprint density at radius 2 is 2.15 bits per heavy atom. The van der Waals surface area contributed by atoms with Gasteiger partial charge in [-0.05, 0) is 72.3 Å². The molecule has 0 radical (unpaired) electrons. The zero-order chi connectivity index (χ0) is 27.6. The van der Waals surface area contributed by atoms with Crippen LogP contribution in [0.25, 0.3) is 27.3 Å². The minimum absolute atomic E-state index is 0.0415. The molecule has 198 valence electrons. The molecule has 1 fully saturated rings. The molecule has 2 atom stereocenters. The van der Waals surface area contributed by atoms with E-state index in [1.165, 1.54) is 11.3 Å². The van der Waals surface area contributed by atoms with Crippen molar-refractivity contribution in [3.8, 4) is 28.4 Å². The highest BCUT2D eigenvalue weighted by Crippen LogP contribution is 2.42. The molecule has 3 heterocycles. The van der Waals surface area contributed by atoms with Crippen molar-refractivity contribution in [3.05, 3.63) is 39.6 Å². The molecule has 39 heavy (non-hydrogen) atoms. The first-order chi connectivity index (χ1) is 18.9. The second-order valence-electron chi connectivity index (χ2n) is 9.54. The Hall–Kier alpha value is -3.94. The molecule has 3 aromatic heterocycles. The Bertz CT molecular complexity index is 1630. The SMILES string of the molecule is CNC(=O)C1(CC#N)CC[C@@H](Nc2ncc3c(Br)nn(-c4ccc(-c5nnc(C)s5)c(CCC#N)c4)c3n2)C1. The summed E-state index contributed by atoms with van der Waals surface area (Å²) in [5.41, 5.74) is 2.62. The first-order valence-corrected chi connectivity index (χ1v) is 14.1. The number of nitrogens with zero attached hydrogens (tertiary/aromatic N) is 8. The van der Waals surface area contributed by atoms with E-state index < -0.39 is 5.41 Å². The second-order valence-corrected chi connectivity index (χ2v) is 11.5. The van der Waals surface area contributed by atoms with Gasteiger partial charge >= 0.3 is 0 Å². The van der Waals surface area contributed by atoms with Crippen molar-refractivity contribution in [2.45, 2.75) is 51.5 Å². The maximum Gasteiger partial charge on any atom is 0.227 e. The maximum absolute atomic E-state index is 12.5. The minimum atomic E-state index is -0.705. The standard InChI is InChI=1S/C26H25BrN10OS/c1-15-34-35-23(39-15)19-6-5-18(12-16(19)4-3-10-28)37-22-20(21(27)36-37)14-31-25(33-22)32-17-7-8-26(13-17,9-11-29)24(38)30-2/h5-6,12,14,17H,3-4,7-9,13H2,1-2H3,(H,30,38)(H,31,32,33)/t17-,26?/m1/s1. The van der Waals surface area contributed by atoms with Crippen LogP contribution >= 0.6 is 27.3 Å². The van der Waals surface area contributed by atoms with Gasteiger partial charge in [0.05, 0.1) is 28.6 Å². The Kier molecular flexibility index (Phi) is 7.55. The number of carbonyl (C=O) groups is 1. The van der Waals surface area contributed by atoms with Crippen molar-refractivity contribution >= 4 is 50.2 Å². The van der Waals surface area contributed by atoms with Crippen molar-refractivity contribution in [3.63, 3.8) is 0 Å². The van der Waals surface area contributed by atoms with E-state index >= 15 is 0 Å². The molecular weight excluding hydrogens is 580 g/mol. The minimum Gasteiger partial charge on any atom is -0.359 e. The number of aromatic nitrogens is 6. The van der Waals surface area contributed by atoms with Gasteiger partial charge in [0.1, 0.15) is 14.6 Å². The lowest BCUT2D eigenvalue weighted by Gasteiger charge is -2.24. The average Bonchev–Trinajstić information content (AvgIpc) is 3.64. The molecule has 0 saturated heterocycles. The number of fused-ring (bicyclic) bond motifs is 1. The summed E-state index contributed by atoms with van der Waals surface area (Å²) in [5.74, 6) is 0.322. The summed E-state index contributed by atoms with van der Waals surface area (Å²) in [6.45, 7) is 1.91. The van der Waals surface area contributed by atoms with Crippen LogP contribution in [0.2, 0.25) is 0 Å². The van der Waals surface area contributed by atoms with Gasteiger partial charge in [0, 0.05) is 37.7 Å². The predicted octanol–water partition coefficient (Wildman–Crippen LogP) is 4.47. The highest BCUT2D eigenvalue weighted by molar-refractivity contribution is 9.10. The summed E-state index contributed by atoms with van der Waals surface area (Å²) in [5, 5.41) is 40.1. The molecule has 0 spiro atoms. The Labute approximate surface area is 237 Å². The Balaban J connectivity index is 1.47. The van der Waals surface area contributed by atoms with Crippen molar-refractivity contribution in [2.24, 2.45) is 5.41 Å². The summed E-state index contributed by atoms with van der Waals surface area (Å²) in [6.07, 6.45) is 4.70. The van der Waals surface area contributed by atoms with Gasteiger partial charge in [0.25, 0.3) is 0 Å². The number of benzene rings is 1. The predicted molar refractivity (Wildman–Crippen MR) is 150 cm³/mol. The summed E-state index contributed by atoms with van der Waals surface area (Å²) in [6, 6.07) is 10.3. The zero-order valence-corrected chi connectivity index (χ0v) is 23.8. The van der Waals surface area contributed by atoms with Gasteiger partial charge in [-0.3, -0.25) is 4.79 Å². The van der Waals surface area contributed by atoms with Crippen LogP contribution in [0.5, 0.6) is 0 Å². The van der Waals surface area contributed by atoms with Gasteiger partial charge in [-0.15, -0.1) is 10.2 Å². The van der Waals surface area contributed by atoms with Crippen molar-refractivity contribution in [2.75, 3.05) is 12.4 Å². The van der Waals surface area contributed by atoms with E-state index in [1.54, 1.807) is 17.9 Å². The number of halogens is 1. The number of aryl methyl sites for hydroxylation is 2. The lowest BCUT2D eigenvalue weighted by Crippen LogP contribution is -2.38. The number of carbonyl (C=O) groups excluding carboxylic acids is 1. The smallest absolute Gasteiger partial charge is 0.227 e. The van der Waals surface area contributed by atoms with E-state index in [-0.39, 0.29) is 18.4 Å². The summed E-state index contributed by atoms with van der Waals surface area (Å²) >= 11 is 5.04. The molecule has 1 aliphatic carbocycles. The highest BCUT2D eigenvalue weighted by Gasteiger charge is 2.45. The van der Waals surface area contributed by atoms with Crippen molar-refractivity contribution in [1.82, 2.24) is 35.3 Å². The van der Waals surface area contributed by atoms with Crippen LogP contribution in [0.15, 0.2) is 29.0 Å². The largest absolute Gasteiger partial charge is 0.359 e. The summed E-state index contributed by atoms with van der Waals surface area (Å²) in [7, 11) is 1.60. The van der Waals surface area contributed by atoms with Crippen LogP contribution in [0.3, 0.4) is 0 Å². The fourth-order valence-corrected chi connectivity index (χ4v) is 6.33. The number of hydrogen-bond acceptors (Lipinski definition) is 10.